The highest BCUT2D eigenvalue weighted by Gasteiger charge is 2.27. The first-order valence-electron chi connectivity index (χ1n) is 27.2. The molecule has 2 fully saturated rings. The van der Waals surface area contributed by atoms with E-state index in [4.69, 9.17) is 28.4 Å². The highest BCUT2D eigenvalue weighted by molar-refractivity contribution is 5.95. The van der Waals surface area contributed by atoms with Gasteiger partial charge in [0.15, 0.2) is 0 Å². The molecule has 2 saturated heterocycles. The molecule has 4 aromatic carbocycles. The van der Waals surface area contributed by atoms with Gasteiger partial charge in [-0.25, -0.2) is 0 Å². The fraction of sp³-hybridized carbons (Fsp3) is 0.569. The molecule has 2 heterocycles. The van der Waals surface area contributed by atoms with E-state index >= 15 is 0 Å². The summed E-state index contributed by atoms with van der Waals surface area (Å²) >= 11 is 0. The van der Waals surface area contributed by atoms with E-state index in [1.165, 1.54) is 149 Å². The summed E-state index contributed by atoms with van der Waals surface area (Å²) in [5.74, 6) is 2.67. The van der Waals surface area contributed by atoms with E-state index in [2.05, 4.69) is 138 Å². The molecule has 7 heteroatoms. The van der Waals surface area contributed by atoms with Crippen molar-refractivity contribution in [1.29, 1.82) is 0 Å². The Morgan fingerprint density at radius 1 is 0.403 bits per heavy atom. The molecule has 72 heavy (non-hydrogen) atoms. The SMILES string of the molecule is C/C(=C(\C)c1c(C)c(C)c(OCC(O)COc2c(C)c(C)c(/C(C)=C(/C)c3c(C)c(C)c(OCC4CO4)c(C)c3C)c(C)c2C)c(C)c1C)c1c(C)c(C)c(CCCCCCCCOCC2CO2)c(C)c1C. The molecule has 0 saturated carbocycles. The van der Waals surface area contributed by atoms with Crippen LogP contribution >= 0.6 is 0 Å². The third-order valence-corrected chi connectivity index (χ3v) is 17.4. The molecule has 0 amide bonds. The van der Waals surface area contributed by atoms with Crippen LogP contribution in [0.2, 0.25) is 0 Å². The minimum atomic E-state index is -0.819. The van der Waals surface area contributed by atoms with Crippen LogP contribution in [0.5, 0.6) is 17.2 Å². The summed E-state index contributed by atoms with van der Waals surface area (Å²) in [5, 5.41) is 11.4. The second-order valence-electron chi connectivity index (χ2n) is 21.9. The molecular weight excluding hydrogens is 893 g/mol. The zero-order valence-corrected chi connectivity index (χ0v) is 48.5. The van der Waals surface area contributed by atoms with Gasteiger partial charge in [-0.05, 0) is 297 Å². The average Bonchev–Trinajstić information content (AvgIpc) is 4.30. The normalized spacial score (nSPS) is 16.5. The fourth-order valence-electron chi connectivity index (χ4n) is 11.6. The molecule has 7 nitrogen and oxygen atoms in total. The van der Waals surface area contributed by atoms with Crippen LogP contribution in [0, 0.1) is 111 Å². The van der Waals surface area contributed by atoms with Gasteiger partial charge in [-0.2, -0.15) is 0 Å². The first kappa shape index (κ1) is 56.9. The number of ether oxygens (including phenoxy) is 6. The number of aliphatic hydroxyl groups excluding tert-OH is 1. The molecule has 1 N–H and O–H groups in total. The summed E-state index contributed by atoms with van der Waals surface area (Å²) in [4.78, 5) is 0. The van der Waals surface area contributed by atoms with Gasteiger partial charge in [0.05, 0.1) is 19.8 Å². The molecule has 2 aliphatic rings. The smallest absolute Gasteiger partial charge is 0.125 e. The molecule has 0 aliphatic carbocycles. The van der Waals surface area contributed by atoms with Gasteiger partial charge in [-0.3, -0.25) is 0 Å². The number of epoxide rings is 2. The van der Waals surface area contributed by atoms with Crippen molar-refractivity contribution in [2.45, 2.75) is 202 Å². The van der Waals surface area contributed by atoms with Crippen molar-refractivity contribution in [2.75, 3.05) is 46.2 Å². The fourth-order valence-corrected chi connectivity index (χ4v) is 11.6. The number of rotatable bonds is 24. The minimum Gasteiger partial charge on any atom is -0.490 e. The lowest BCUT2D eigenvalue weighted by Gasteiger charge is -2.26. The van der Waals surface area contributed by atoms with Crippen molar-refractivity contribution in [3.8, 4) is 17.2 Å². The lowest BCUT2D eigenvalue weighted by molar-refractivity contribution is 0.0616. The molecular formula is C65H92O7. The maximum Gasteiger partial charge on any atom is 0.125 e. The van der Waals surface area contributed by atoms with E-state index in [1.807, 2.05) is 0 Å². The van der Waals surface area contributed by atoms with Gasteiger partial charge in [-0.1, -0.05) is 25.7 Å². The van der Waals surface area contributed by atoms with Gasteiger partial charge in [0.1, 0.15) is 55.4 Å². The Morgan fingerprint density at radius 3 is 1.04 bits per heavy atom. The van der Waals surface area contributed by atoms with Crippen LogP contribution in [0.1, 0.15) is 183 Å². The van der Waals surface area contributed by atoms with E-state index in [9.17, 15) is 5.11 Å². The second kappa shape index (κ2) is 24.3. The molecule has 394 valence electrons. The van der Waals surface area contributed by atoms with Gasteiger partial charge in [0.25, 0.3) is 0 Å². The average molecular weight is 985 g/mol. The standard InChI is InChI=1S/C65H92O7/c1-35-37(3)59(38(4)36(2)58(35)27-25-23-21-22-24-26-28-67-31-56-32-68-56)39(5)40(6)60-43(9)49(15)63(50(16)44(60)10)70-29-55(66)30-71-64-51(17)45(11)61(46(12)52(64)18)41(7)42(8)62-47(13)53(19)65(54(20)48(62)14)72-34-57-33-69-57/h55-57,66H,21-34H2,1-20H3/b40-39-,42-41-. The van der Waals surface area contributed by atoms with Gasteiger partial charge in [0, 0.05) is 6.61 Å². The third-order valence-electron chi connectivity index (χ3n) is 17.4. The summed E-state index contributed by atoms with van der Waals surface area (Å²) in [7, 11) is 0. The van der Waals surface area contributed by atoms with Gasteiger partial charge in [0.2, 0.25) is 0 Å². The van der Waals surface area contributed by atoms with E-state index in [-0.39, 0.29) is 19.3 Å². The molecule has 2 aliphatic heterocycles. The quantitative estimate of drug-likeness (QED) is 0.0425. The maximum atomic E-state index is 11.4. The van der Waals surface area contributed by atoms with E-state index in [1.54, 1.807) is 0 Å². The second-order valence-corrected chi connectivity index (χ2v) is 21.9. The summed E-state index contributed by atoms with van der Waals surface area (Å²) in [5.41, 5.74) is 31.7. The largest absolute Gasteiger partial charge is 0.490 e. The maximum absolute atomic E-state index is 11.4. The van der Waals surface area contributed by atoms with Crippen molar-refractivity contribution >= 4 is 22.3 Å². The highest BCUT2D eigenvalue weighted by atomic mass is 16.6. The molecule has 0 bridgehead atoms. The molecule has 3 atom stereocenters. The Bertz CT molecular complexity index is 2600. The Morgan fingerprint density at radius 2 is 0.694 bits per heavy atom. The van der Waals surface area contributed by atoms with Crippen LogP contribution in [-0.2, 0) is 20.6 Å². The van der Waals surface area contributed by atoms with Crippen LogP contribution in [0.4, 0.5) is 0 Å². The Kier molecular flexibility index (Phi) is 19.2. The Hall–Kier alpha value is -4.40. The van der Waals surface area contributed by atoms with Crippen LogP contribution in [0.15, 0.2) is 0 Å². The summed E-state index contributed by atoms with van der Waals surface area (Å²) in [6.45, 7) is 48.8. The van der Waals surface area contributed by atoms with Crippen molar-refractivity contribution in [3.63, 3.8) is 0 Å². The molecule has 4 aromatic rings. The van der Waals surface area contributed by atoms with E-state index in [0.29, 0.717) is 12.7 Å². The number of hydrogen-bond acceptors (Lipinski definition) is 7. The molecule has 0 spiro atoms. The summed E-state index contributed by atoms with van der Waals surface area (Å²) in [6.07, 6.45) is 8.35. The number of allylic oxidation sites excluding steroid dienone is 4. The monoisotopic (exact) mass is 985 g/mol. The number of unbranched alkanes of at least 4 members (excludes halogenated alkanes) is 5. The topological polar surface area (TPSA) is 82.2 Å². The summed E-state index contributed by atoms with van der Waals surface area (Å²) < 4.78 is 35.7. The molecule has 0 aromatic heterocycles. The van der Waals surface area contributed by atoms with E-state index < -0.39 is 6.10 Å². The lowest BCUT2D eigenvalue weighted by Crippen LogP contribution is -2.26. The minimum absolute atomic E-state index is 0.130. The predicted molar refractivity (Wildman–Crippen MR) is 302 cm³/mol. The zero-order chi connectivity index (χ0) is 53.0. The van der Waals surface area contributed by atoms with Gasteiger partial charge >= 0.3 is 0 Å². The van der Waals surface area contributed by atoms with E-state index in [0.717, 1.165) is 78.8 Å². The molecule has 6 rings (SSSR count). The Labute approximate surface area is 436 Å². The van der Waals surface area contributed by atoms with Gasteiger partial charge < -0.3 is 33.5 Å². The molecule has 3 unspecified atom stereocenters. The van der Waals surface area contributed by atoms with Crippen LogP contribution < -0.4 is 14.2 Å². The summed E-state index contributed by atoms with van der Waals surface area (Å²) in [6, 6.07) is 0. The first-order chi connectivity index (χ1) is 34.0. The van der Waals surface area contributed by atoms with Crippen LogP contribution in [0.3, 0.4) is 0 Å². The van der Waals surface area contributed by atoms with Gasteiger partial charge in [-0.15, -0.1) is 0 Å². The van der Waals surface area contributed by atoms with Crippen LogP contribution in [-0.4, -0.2) is 69.7 Å². The number of aliphatic hydroxyl groups is 1. The highest BCUT2D eigenvalue weighted by Crippen LogP contribution is 2.44. The predicted octanol–water partition coefficient (Wildman–Crippen LogP) is 15.4. The number of hydrogen-bond donors (Lipinski definition) is 1. The van der Waals surface area contributed by atoms with Crippen molar-refractivity contribution < 1.29 is 33.5 Å². The van der Waals surface area contributed by atoms with Crippen molar-refractivity contribution in [3.05, 3.63) is 117 Å². The lowest BCUT2D eigenvalue weighted by atomic mass is 9.81. The van der Waals surface area contributed by atoms with Crippen molar-refractivity contribution in [2.24, 2.45) is 0 Å². The number of benzene rings is 4. The third kappa shape index (κ3) is 12.2. The molecule has 0 radical (unpaired) electrons. The first-order valence-corrected chi connectivity index (χ1v) is 27.2. The zero-order valence-electron chi connectivity index (χ0n) is 48.5. The Balaban J connectivity index is 1.12. The van der Waals surface area contributed by atoms with Crippen LogP contribution in [0.25, 0.3) is 22.3 Å². The van der Waals surface area contributed by atoms with Crippen molar-refractivity contribution in [1.82, 2.24) is 0 Å².